The summed E-state index contributed by atoms with van der Waals surface area (Å²) in [5.41, 5.74) is 0.728. The van der Waals surface area contributed by atoms with Crippen molar-refractivity contribution in [3.8, 4) is 0 Å². The van der Waals surface area contributed by atoms with Gasteiger partial charge in [0.05, 0.1) is 6.04 Å². The maximum atomic E-state index is 4.20. The molecule has 1 N–H and O–H groups in total. The number of rotatable bonds is 3. The van der Waals surface area contributed by atoms with Gasteiger partial charge < -0.3 is 9.88 Å². The Morgan fingerprint density at radius 2 is 1.95 bits per heavy atom. The van der Waals surface area contributed by atoms with Crippen molar-refractivity contribution >= 4 is 0 Å². The number of nitrogens with one attached hydrogen (secondary N) is 1. The van der Waals surface area contributed by atoms with Gasteiger partial charge in [0.2, 0.25) is 0 Å². The molecular weight excluding hydrogens is 236 g/mol. The lowest BCUT2D eigenvalue weighted by atomic mass is 9.71. The first-order chi connectivity index (χ1) is 9.19. The van der Waals surface area contributed by atoms with Crippen molar-refractivity contribution in [2.75, 3.05) is 0 Å². The van der Waals surface area contributed by atoms with Gasteiger partial charge in [0.15, 0.2) is 0 Å². The average molecular weight is 262 g/mol. The number of aryl methyl sites for hydroxylation is 1. The van der Waals surface area contributed by atoms with Crippen LogP contribution in [0, 0.1) is 5.41 Å². The Balaban J connectivity index is 1.53. The van der Waals surface area contributed by atoms with E-state index in [0.29, 0.717) is 12.1 Å². The third-order valence-corrected chi connectivity index (χ3v) is 5.33. The minimum atomic E-state index is 0.301. The predicted molar refractivity (Wildman–Crippen MR) is 75.7 cm³/mol. The Morgan fingerprint density at radius 3 is 2.53 bits per heavy atom. The Bertz CT molecular complexity index is 410. The molecule has 2 saturated carbocycles. The molecule has 4 heteroatoms. The molecule has 0 aliphatic heterocycles. The lowest BCUT2D eigenvalue weighted by Crippen LogP contribution is -2.38. The zero-order valence-corrected chi connectivity index (χ0v) is 12.2. The first-order valence-corrected chi connectivity index (χ1v) is 7.78. The molecule has 1 atom stereocenters. The summed E-state index contributed by atoms with van der Waals surface area (Å²) >= 11 is 0. The molecule has 1 spiro atoms. The standard InChI is InChI=1S/C15H26N4/c1-12(14-18-16-11-19(14)2)17-13-5-9-15(10-6-13)7-3-4-8-15/h11-13,17H,3-10H2,1-2H3. The van der Waals surface area contributed by atoms with Gasteiger partial charge in [-0.2, -0.15) is 0 Å². The fourth-order valence-corrected chi connectivity index (χ4v) is 4.13. The third kappa shape index (κ3) is 2.69. The lowest BCUT2D eigenvalue weighted by molar-refractivity contribution is 0.163. The molecule has 0 bridgehead atoms. The maximum absolute atomic E-state index is 4.20. The highest BCUT2D eigenvalue weighted by Gasteiger charge is 2.37. The van der Waals surface area contributed by atoms with Crippen molar-refractivity contribution < 1.29 is 0 Å². The van der Waals surface area contributed by atoms with E-state index in [0.717, 1.165) is 11.2 Å². The number of aromatic nitrogens is 3. The van der Waals surface area contributed by atoms with E-state index < -0.39 is 0 Å². The van der Waals surface area contributed by atoms with Crippen LogP contribution in [0.15, 0.2) is 6.33 Å². The predicted octanol–water partition coefficient (Wildman–Crippen LogP) is 2.97. The van der Waals surface area contributed by atoms with Crippen molar-refractivity contribution in [2.24, 2.45) is 12.5 Å². The fourth-order valence-electron chi connectivity index (χ4n) is 4.13. The molecule has 1 heterocycles. The van der Waals surface area contributed by atoms with E-state index in [9.17, 15) is 0 Å². The normalized spacial score (nSPS) is 24.9. The molecule has 2 fully saturated rings. The molecule has 2 aliphatic carbocycles. The Labute approximate surface area is 116 Å². The van der Waals surface area contributed by atoms with E-state index in [1.54, 1.807) is 6.33 Å². The highest BCUT2D eigenvalue weighted by atomic mass is 15.3. The minimum Gasteiger partial charge on any atom is -0.319 e. The molecule has 19 heavy (non-hydrogen) atoms. The second kappa shape index (κ2) is 5.23. The van der Waals surface area contributed by atoms with Gasteiger partial charge in [0, 0.05) is 13.1 Å². The summed E-state index contributed by atoms with van der Waals surface area (Å²) < 4.78 is 2.01. The van der Waals surface area contributed by atoms with Gasteiger partial charge >= 0.3 is 0 Å². The van der Waals surface area contributed by atoms with Crippen molar-refractivity contribution in [1.82, 2.24) is 20.1 Å². The lowest BCUT2D eigenvalue weighted by Gasteiger charge is -2.38. The smallest absolute Gasteiger partial charge is 0.149 e. The summed E-state index contributed by atoms with van der Waals surface area (Å²) in [5.74, 6) is 1.04. The second-order valence-electron chi connectivity index (χ2n) is 6.67. The summed E-state index contributed by atoms with van der Waals surface area (Å²) in [7, 11) is 2.02. The van der Waals surface area contributed by atoms with E-state index in [-0.39, 0.29) is 0 Å². The van der Waals surface area contributed by atoms with Gasteiger partial charge in [-0.25, -0.2) is 0 Å². The summed E-state index contributed by atoms with van der Waals surface area (Å²) in [6.45, 7) is 2.20. The molecule has 0 radical (unpaired) electrons. The van der Waals surface area contributed by atoms with E-state index in [2.05, 4.69) is 22.4 Å². The van der Waals surface area contributed by atoms with Gasteiger partial charge in [-0.3, -0.25) is 0 Å². The maximum Gasteiger partial charge on any atom is 0.149 e. The largest absolute Gasteiger partial charge is 0.319 e. The quantitative estimate of drug-likeness (QED) is 0.910. The molecule has 1 unspecified atom stereocenters. The Kier molecular flexibility index (Phi) is 3.61. The molecule has 0 saturated heterocycles. The van der Waals surface area contributed by atoms with Crippen LogP contribution in [0.3, 0.4) is 0 Å². The molecule has 106 valence electrons. The van der Waals surface area contributed by atoms with Gasteiger partial charge in [0.1, 0.15) is 12.2 Å². The van der Waals surface area contributed by atoms with E-state index in [1.807, 2.05) is 11.6 Å². The third-order valence-electron chi connectivity index (χ3n) is 5.33. The number of hydrogen-bond acceptors (Lipinski definition) is 3. The van der Waals surface area contributed by atoms with Crippen molar-refractivity contribution in [1.29, 1.82) is 0 Å². The molecule has 0 aromatic carbocycles. The molecule has 3 rings (SSSR count). The fraction of sp³-hybridized carbons (Fsp3) is 0.867. The van der Waals surface area contributed by atoms with Gasteiger partial charge in [-0.05, 0) is 50.9 Å². The zero-order chi connectivity index (χ0) is 13.3. The van der Waals surface area contributed by atoms with Crippen LogP contribution < -0.4 is 5.32 Å². The topological polar surface area (TPSA) is 42.7 Å². The summed E-state index contributed by atoms with van der Waals surface area (Å²) in [6, 6.07) is 0.966. The summed E-state index contributed by atoms with van der Waals surface area (Å²) in [6.07, 6.45) is 13.2. The van der Waals surface area contributed by atoms with Crippen molar-refractivity contribution in [2.45, 2.75) is 70.4 Å². The van der Waals surface area contributed by atoms with Gasteiger partial charge in [-0.1, -0.05) is 12.8 Å². The minimum absolute atomic E-state index is 0.301. The Morgan fingerprint density at radius 1 is 1.26 bits per heavy atom. The molecule has 1 aromatic heterocycles. The van der Waals surface area contributed by atoms with Crippen molar-refractivity contribution in [3.63, 3.8) is 0 Å². The van der Waals surface area contributed by atoms with Crippen molar-refractivity contribution in [3.05, 3.63) is 12.2 Å². The summed E-state index contributed by atoms with van der Waals surface area (Å²) in [5, 5.41) is 11.9. The van der Waals surface area contributed by atoms with Gasteiger partial charge in [-0.15, -0.1) is 10.2 Å². The van der Waals surface area contributed by atoms with Crippen LogP contribution in [-0.4, -0.2) is 20.8 Å². The molecule has 0 amide bonds. The van der Waals surface area contributed by atoms with Crippen LogP contribution in [-0.2, 0) is 7.05 Å². The second-order valence-corrected chi connectivity index (χ2v) is 6.67. The van der Waals surface area contributed by atoms with Crippen LogP contribution in [0.1, 0.15) is 70.2 Å². The molecular formula is C15H26N4. The van der Waals surface area contributed by atoms with Crippen LogP contribution in [0.2, 0.25) is 0 Å². The van der Waals surface area contributed by atoms with Gasteiger partial charge in [0.25, 0.3) is 0 Å². The first kappa shape index (κ1) is 13.1. The van der Waals surface area contributed by atoms with Crippen LogP contribution >= 0.6 is 0 Å². The Hall–Kier alpha value is -0.900. The number of nitrogens with zero attached hydrogens (tertiary/aromatic N) is 3. The molecule has 4 nitrogen and oxygen atoms in total. The number of hydrogen-bond donors (Lipinski definition) is 1. The average Bonchev–Trinajstić information content (AvgIpc) is 3.02. The van der Waals surface area contributed by atoms with E-state index in [1.165, 1.54) is 51.4 Å². The molecule has 2 aliphatic rings. The van der Waals surface area contributed by atoms with Crippen LogP contribution in [0.4, 0.5) is 0 Å². The summed E-state index contributed by atoms with van der Waals surface area (Å²) in [4.78, 5) is 0. The van der Waals surface area contributed by atoms with Crippen LogP contribution in [0.5, 0.6) is 0 Å². The zero-order valence-electron chi connectivity index (χ0n) is 12.2. The van der Waals surface area contributed by atoms with E-state index >= 15 is 0 Å². The first-order valence-electron chi connectivity index (χ1n) is 7.78. The van der Waals surface area contributed by atoms with Crippen LogP contribution in [0.25, 0.3) is 0 Å². The highest BCUT2D eigenvalue weighted by Crippen LogP contribution is 2.49. The SMILES string of the molecule is CC(NC1CCC2(CCCC2)CC1)c1nncn1C. The molecule has 1 aromatic rings. The highest BCUT2D eigenvalue weighted by molar-refractivity contribution is 4.96. The van der Waals surface area contributed by atoms with E-state index in [4.69, 9.17) is 0 Å². The monoisotopic (exact) mass is 262 g/mol.